The highest BCUT2D eigenvalue weighted by Gasteiger charge is 2.43. The van der Waals surface area contributed by atoms with Crippen LogP contribution >= 0.6 is 0 Å². The molecule has 2 fully saturated rings. The van der Waals surface area contributed by atoms with Crippen LogP contribution in [0.25, 0.3) is 0 Å². The van der Waals surface area contributed by atoms with E-state index in [1.54, 1.807) is 6.07 Å². The first-order valence-electron chi connectivity index (χ1n) is 10.8. The zero-order valence-corrected chi connectivity index (χ0v) is 18.1. The van der Waals surface area contributed by atoms with Crippen LogP contribution in [-0.2, 0) is 22.6 Å². The van der Waals surface area contributed by atoms with Crippen molar-refractivity contribution in [2.24, 2.45) is 0 Å². The number of carbonyl (C=O) groups is 2. The fourth-order valence-corrected chi connectivity index (χ4v) is 4.76. The molecule has 2 saturated heterocycles. The molecule has 1 unspecified atom stereocenters. The molecule has 4 rings (SSSR count). The number of halogens is 1. The Kier molecular flexibility index (Phi) is 6.09. The summed E-state index contributed by atoms with van der Waals surface area (Å²) in [5.41, 5.74) is 2.24. The molecule has 1 N–H and O–H groups in total. The maximum absolute atomic E-state index is 13.6. The second kappa shape index (κ2) is 8.78. The van der Waals surface area contributed by atoms with Crippen molar-refractivity contribution in [3.8, 4) is 0 Å². The molecule has 3 heterocycles. The molecular formula is C23H29FN4O3. The van der Waals surface area contributed by atoms with E-state index in [0.29, 0.717) is 52.0 Å². The van der Waals surface area contributed by atoms with Crippen LogP contribution in [0.4, 0.5) is 4.39 Å². The van der Waals surface area contributed by atoms with E-state index in [1.165, 1.54) is 12.1 Å². The van der Waals surface area contributed by atoms with Crippen LogP contribution < -0.4 is 5.32 Å². The van der Waals surface area contributed by atoms with Gasteiger partial charge in [0, 0.05) is 51.1 Å². The van der Waals surface area contributed by atoms with Gasteiger partial charge in [-0.1, -0.05) is 17.3 Å². The smallest absolute Gasteiger partial charge is 0.222 e. The number of rotatable bonds is 5. The zero-order valence-electron chi connectivity index (χ0n) is 18.1. The van der Waals surface area contributed by atoms with Gasteiger partial charge in [-0.25, -0.2) is 4.39 Å². The maximum atomic E-state index is 13.6. The number of aromatic nitrogens is 1. The van der Waals surface area contributed by atoms with E-state index < -0.39 is 5.54 Å². The summed E-state index contributed by atoms with van der Waals surface area (Å²) in [5, 5.41) is 7.13. The summed E-state index contributed by atoms with van der Waals surface area (Å²) < 4.78 is 18.8. The summed E-state index contributed by atoms with van der Waals surface area (Å²) in [6, 6.07) is 6.57. The molecular weight excluding hydrogens is 399 g/mol. The minimum atomic E-state index is -0.459. The molecule has 0 saturated carbocycles. The maximum Gasteiger partial charge on any atom is 0.222 e. The third kappa shape index (κ3) is 4.95. The Labute approximate surface area is 181 Å². The topological polar surface area (TPSA) is 78.7 Å². The second-order valence-corrected chi connectivity index (χ2v) is 8.79. The van der Waals surface area contributed by atoms with Crippen molar-refractivity contribution in [2.45, 2.75) is 51.6 Å². The molecule has 1 aromatic carbocycles. The van der Waals surface area contributed by atoms with E-state index in [2.05, 4.69) is 15.4 Å². The summed E-state index contributed by atoms with van der Waals surface area (Å²) in [4.78, 5) is 29.3. The van der Waals surface area contributed by atoms with E-state index in [0.717, 1.165) is 29.0 Å². The molecule has 2 aliphatic heterocycles. The minimum Gasteiger partial charge on any atom is -0.361 e. The van der Waals surface area contributed by atoms with E-state index in [-0.39, 0.29) is 17.6 Å². The van der Waals surface area contributed by atoms with Gasteiger partial charge in [0.1, 0.15) is 11.6 Å². The van der Waals surface area contributed by atoms with Crippen molar-refractivity contribution in [2.75, 3.05) is 26.2 Å². The van der Waals surface area contributed by atoms with Crippen molar-refractivity contribution in [3.63, 3.8) is 0 Å². The molecule has 0 radical (unpaired) electrons. The van der Waals surface area contributed by atoms with E-state index in [9.17, 15) is 14.0 Å². The minimum absolute atomic E-state index is 0.00626. The van der Waals surface area contributed by atoms with Gasteiger partial charge in [0.15, 0.2) is 0 Å². The molecule has 1 spiro atoms. The van der Waals surface area contributed by atoms with Crippen LogP contribution in [0.15, 0.2) is 28.8 Å². The molecule has 31 heavy (non-hydrogen) atoms. The summed E-state index contributed by atoms with van der Waals surface area (Å²) in [6.07, 6.45) is 2.11. The lowest BCUT2D eigenvalue weighted by Crippen LogP contribution is -2.55. The number of nitrogens with one attached hydrogen (secondary N) is 1. The molecule has 2 aliphatic rings. The predicted octanol–water partition coefficient (Wildman–Crippen LogP) is 2.36. The Balaban J connectivity index is 1.40. The molecule has 7 nitrogen and oxygen atoms in total. The number of aryl methyl sites for hydroxylation is 2. The van der Waals surface area contributed by atoms with Crippen molar-refractivity contribution in [1.29, 1.82) is 0 Å². The zero-order chi connectivity index (χ0) is 22.0. The fourth-order valence-electron chi connectivity index (χ4n) is 4.76. The number of hydrogen-bond acceptors (Lipinski definition) is 5. The SMILES string of the molecule is Cc1noc(C)c1CCC(=O)N1CCC2(CN(Cc3cccc(F)c3)CCC(=O)N2)C1. The molecule has 2 amide bonds. The standard InChI is InChI=1S/C23H29FN4O3/c1-16-20(17(2)31-26-16)6-7-22(30)28-11-9-23(15-28)14-27(10-8-21(29)25-23)13-18-4-3-5-19(24)12-18/h3-5,12H,6-11,13-15H2,1-2H3,(H,25,29). The normalized spacial score (nSPS) is 22.0. The number of benzene rings is 1. The lowest BCUT2D eigenvalue weighted by atomic mass is 9.97. The van der Waals surface area contributed by atoms with E-state index in [1.807, 2.05) is 24.8 Å². The molecule has 166 valence electrons. The van der Waals surface area contributed by atoms with Gasteiger partial charge in [-0.15, -0.1) is 0 Å². The van der Waals surface area contributed by atoms with Gasteiger partial charge >= 0.3 is 0 Å². The molecule has 1 aromatic heterocycles. The van der Waals surface area contributed by atoms with Gasteiger partial charge in [0.25, 0.3) is 0 Å². The first-order valence-corrected chi connectivity index (χ1v) is 10.8. The van der Waals surface area contributed by atoms with E-state index >= 15 is 0 Å². The Morgan fingerprint density at radius 3 is 2.87 bits per heavy atom. The van der Waals surface area contributed by atoms with Crippen LogP contribution in [0, 0.1) is 19.7 Å². The lowest BCUT2D eigenvalue weighted by Gasteiger charge is -2.33. The summed E-state index contributed by atoms with van der Waals surface area (Å²) in [5.74, 6) is 0.582. The number of likely N-dealkylation sites (tertiary alicyclic amines) is 1. The first-order chi connectivity index (χ1) is 14.8. The Bertz CT molecular complexity index is 956. The number of hydrogen-bond donors (Lipinski definition) is 1. The molecule has 1 atom stereocenters. The van der Waals surface area contributed by atoms with Gasteiger partial charge in [0.05, 0.1) is 11.2 Å². The average Bonchev–Trinajstić information content (AvgIpc) is 3.22. The van der Waals surface area contributed by atoms with Crippen molar-refractivity contribution >= 4 is 11.8 Å². The summed E-state index contributed by atoms with van der Waals surface area (Å²) in [7, 11) is 0. The van der Waals surface area contributed by atoms with Crippen molar-refractivity contribution in [3.05, 3.63) is 52.7 Å². The van der Waals surface area contributed by atoms with Gasteiger partial charge in [-0.05, 0) is 44.4 Å². The van der Waals surface area contributed by atoms with Gasteiger partial charge in [0.2, 0.25) is 11.8 Å². The Hall–Kier alpha value is -2.74. The van der Waals surface area contributed by atoms with Crippen LogP contribution in [0.2, 0.25) is 0 Å². The highest BCUT2D eigenvalue weighted by molar-refractivity contribution is 5.79. The molecule has 0 aliphatic carbocycles. The highest BCUT2D eigenvalue weighted by atomic mass is 19.1. The van der Waals surface area contributed by atoms with Gasteiger partial charge in [-0.2, -0.15) is 0 Å². The molecule has 2 aromatic rings. The number of amides is 2. The number of carbonyl (C=O) groups excluding carboxylic acids is 2. The largest absolute Gasteiger partial charge is 0.361 e. The Morgan fingerprint density at radius 2 is 2.13 bits per heavy atom. The summed E-state index contributed by atoms with van der Waals surface area (Å²) in [6.45, 7) is 6.70. The lowest BCUT2D eigenvalue weighted by molar-refractivity contribution is -0.131. The highest BCUT2D eigenvalue weighted by Crippen LogP contribution is 2.27. The van der Waals surface area contributed by atoms with Gasteiger partial charge in [-0.3, -0.25) is 14.5 Å². The predicted molar refractivity (Wildman–Crippen MR) is 113 cm³/mol. The van der Waals surface area contributed by atoms with Crippen LogP contribution in [0.3, 0.4) is 0 Å². The van der Waals surface area contributed by atoms with Crippen LogP contribution in [0.1, 0.15) is 41.8 Å². The number of nitrogens with zero attached hydrogens (tertiary/aromatic N) is 3. The quantitative estimate of drug-likeness (QED) is 0.791. The molecule has 8 heteroatoms. The van der Waals surface area contributed by atoms with Crippen molar-refractivity contribution in [1.82, 2.24) is 20.3 Å². The Morgan fingerprint density at radius 1 is 1.29 bits per heavy atom. The molecule has 0 bridgehead atoms. The summed E-state index contributed by atoms with van der Waals surface area (Å²) >= 11 is 0. The van der Waals surface area contributed by atoms with Crippen molar-refractivity contribution < 1.29 is 18.5 Å². The van der Waals surface area contributed by atoms with E-state index in [4.69, 9.17) is 4.52 Å². The average molecular weight is 429 g/mol. The monoisotopic (exact) mass is 428 g/mol. The second-order valence-electron chi connectivity index (χ2n) is 8.79. The van der Waals surface area contributed by atoms with Gasteiger partial charge < -0.3 is 14.7 Å². The first kappa shape index (κ1) is 21.5. The van der Waals surface area contributed by atoms with Crippen LogP contribution in [-0.4, -0.2) is 58.5 Å². The van der Waals surface area contributed by atoms with Crippen LogP contribution in [0.5, 0.6) is 0 Å². The third-order valence-electron chi connectivity index (χ3n) is 6.36. The third-order valence-corrected chi connectivity index (χ3v) is 6.36. The fraction of sp³-hybridized carbons (Fsp3) is 0.522.